The summed E-state index contributed by atoms with van der Waals surface area (Å²) in [7, 11) is 0. The van der Waals surface area contributed by atoms with Crippen LogP contribution in [0.5, 0.6) is 0 Å². The fourth-order valence-electron chi connectivity index (χ4n) is 1.77. The number of aromatic nitrogens is 1. The molecule has 21 heavy (non-hydrogen) atoms. The molecule has 0 fully saturated rings. The van der Waals surface area contributed by atoms with E-state index in [1.54, 1.807) is 45.3 Å². The Morgan fingerprint density at radius 2 is 2.19 bits per heavy atom. The summed E-state index contributed by atoms with van der Waals surface area (Å²) in [6.45, 7) is 5.16. The summed E-state index contributed by atoms with van der Waals surface area (Å²) in [6, 6.07) is 2.79. The topological polar surface area (TPSA) is 97.6 Å². The quantitative estimate of drug-likeness (QED) is 0.820. The van der Waals surface area contributed by atoms with E-state index in [9.17, 15) is 9.59 Å². The van der Waals surface area contributed by atoms with Gasteiger partial charge in [-0.2, -0.15) is 0 Å². The predicted octanol–water partition coefficient (Wildman–Crippen LogP) is 1.67. The van der Waals surface area contributed by atoms with Crippen molar-refractivity contribution < 1.29 is 14.3 Å². The van der Waals surface area contributed by atoms with Crippen molar-refractivity contribution in [2.75, 3.05) is 0 Å². The van der Waals surface area contributed by atoms with E-state index in [-0.39, 0.29) is 0 Å². The molecule has 1 atom stereocenters. The van der Waals surface area contributed by atoms with Crippen LogP contribution in [-0.4, -0.2) is 27.6 Å². The summed E-state index contributed by atoms with van der Waals surface area (Å²) >= 11 is 0. The number of carbonyl (C=O) groups is 2. The first-order valence-electron chi connectivity index (χ1n) is 6.44. The molecule has 0 bridgehead atoms. The fraction of sp³-hybridized carbons (Fsp3) is 0.357. The number of ether oxygens (including phenoxy) is 1. The van der Waals surface area contributed by atoms with E-state index in [2.05, 4.69) is 10.3 Å². The molecule has 0 saturated heterocycles. The SMILES string of the molecule is CC(C)(C)OC(=O)N1C=CC(N)(c2cccnc2)NC1=O. The zero-order valence-corrected chi connectivity index (χ0v) is 12.2. The molecule has 0 radical (unpaired) electrons. The van der Waals surface area contributed by atoms with Gasteiger partial charge in [-0.15, -0.1) is 0 Å². The smallest absolute Gasteiger partial charge is 0.422 e. The number of nitrogens with zero attached hydrogens (tertiary/aromatic N) is 2. The van der Waals surface area contributed by atoms with Crippen LogP contribution < -0.4 is 11.1 Å². The second-order valence-corrected chi connectivity index (χ2v) is 5.71. The van der Waals surface area contributed by atoms with Gasteiger partial charge in [-0.25, -0.2) is 14.5 Å². The van der Waals surface area contributed by atoms with Crippen molar-refractivity contribution in [3.63, 3.8) is 0 Å². The molecular formula is C14H18N4O3. The second-order valence-electron chi connectivity index (χ2n) is 5.71. The van der Waals surface area contributed by atoms with Gasteiger partial charge in [0.25, 0.3) is 0 Å². The van der Waals surface area contributed by atoms with Crippen molar-refractivity contribution in [3.8, 4) is 0 Å². The largest absolute Gasteiger partial charge is 0.443 e. The molecule has 0 saturated carbocycles. The lowest BCUT2D eigenvalue weighted by Gasteiger charge is -2.34. The van der Waals surface area contributed by atoms with Crippen molar-refractivity contribution in [3.05, 3.63) is 42.4 Å². The third kappa shape index (κ3) is 3.38. The minimum absolute atomic E-state index is 0.610. The second kappa shape index (κ2) is 5.17. The maximum atomic E-state index is 12.1. The number of carbonyl (C=O) groups excluding carboxylic acids is 2. The molecule has 0 aromatic carbocycles. The monoisotopic (exact) mass is 290 g/mol. The number of imide groups is 1. The minimum Gasteiger partial charge on any atom is -0.443 e. The first kappa shape index (κ1) is 15.0. The highest BCUT2D eigenvalue weighted by atomic mass is 16.6. The Morgan fingerprint density at radius 3 is 2.71 bits per heavy atom. The molecule has 7 nitrogen and oxygen atoms in total. The van der Waals surface area contributed by atoms with E-state index in [4.69, 9.17) is 10.5 Å². The van der Waals surface area contributed by atoms with Gasteiger partial charge in [-0.3, -0.25) is 4.98 Å². The Labute approximate surface area is 122 Å². The highest BCUT2D eigenvalue weighted by Gasteiger charge is 2.36. The molecule has 1 unspecified atom stereocenters. The summed E-state index contributed by atoms with van der Waals surface area (Å²) in [5, 5.41) is 2.56. The van der Waals surface area contributed by atoms with Gasteiger partial charge in [0.15, 0.2) is 0 Å². The summed E-state index contributed by atoms with van der Waals surface area (Å²) in [4.78, 5) is 28.8. The standard InChI is InChI=1S/C14H18N4O3/c1-13(2,3)21-12(20)18-8-6-14(15,17-11(18)19)10-5-4-7-16-9-10/h4-9H,15H2,1-3H3,(H,17,19). The normalized spacial score (nSPS) is 21.9. The summed E-state index contributed by atoms with van der Waals surface area (Å²) in [5.41, 5.74) is 4.84. The predicted molar refractivity (Wildman–Crippen MR) is 75.8 cm³/mol. The molecule has 0 aliphatic carbocycles. The van der Waals surface area contributed by atoms with Gasteiger partial charge in [0.2, 0.25) is 0 Å². The van der Waals surface area contributed by atoms with Crippen molar-refractivity contribution in [1.29, 1.82) is 0 Å². The molecule has 2 heterocycles. The highest BCUT2D eigenvalue weighted by Crippen LogP contribution is 2.21. The Morgan fingerprint density at radius 1 is 1.48 bits per heavy atom. The zero-order valence-electron chi connectivity index (χ0n) is 12.2. The Balaban J connectivity index is 2.21. The van der Waals surface area contributed by atoms with Crippen LogP contribution in [0.1, 0.15) is 26.3 Å². The number of rotatable bonds is 1. The minimum atomic E-state index is -1.20. The van der Waals surface area contributed by atoms with E-state index in [1.807, 2.05) is 0 Å². The number of nitrogens with two attached hydrogens (primary N) is 1. The van der Waals surface area contributed by atoms with Crippen molar-refractivity contribution in [2.45, 2.75) is 32.0 Å². The number of amides is 3. The lowest BCUT2D eigenvalue weighted by molar-refractivity contribution is 0.0375. The first-order valence-corrected chi connectivity index (χ1v) is 6.44. The number of nitrogens with one attached hydrogen (secondary N) is 1. The molecule has 0 spiro atoms. The molecule has 1 aliphatic rings. The molecule has 7 heteroatoms. The molecule has 112 valence electrons. The number of hydrogen-bond donors (Lipinski definition) is 2. The Bertz CT molecular complexity index is 580. The number of hydrogen-bond acceptors (Lipinski definition) is 5. The van der Waals surface area contributed by atoms with Gasteiger partial charge in [0.1, 0.15) is 11.3 Å². The van der Waals surface area contributed by atoms with Gasteiger partial charge >= 0.3 is 12.1 Å². The van der Waals surface area contributed by atoms with E-state index in [0.29, 0.717) is 5.56 Å². The van der Waals surface area contributed by atoms with Gasteiger partial charge < -0.3 is 15.8 Å². The van der Waals surface area contributed by atoms with E-state index in [0.717, 1.165) is 4.90 Å². The van der Waals surface area contributed by atoms with Crippen LogP contribution in [0.3, 0.4) is 0 Å². The lowest BCUT2D eigenvalue weighted by atomic mass is 10.0. The maximum absolute atomic E-state index is 12.1. The molecule has 1 aliphatic heterocycles. The number of pyridine rings is 1. The third-order valence-corrected chi connectivity index (χ3v) is 2.75. The maximum Gasteiger partial charge on any atom is 0.422 e. The molecular weight excluding hydrogens is 272 g/mol. The summed E-state index contributed by atoms with van der Waals surface area (Å²) < 4.78 is 5.14. The average Bonchev–Trinajstić information content (AvgIpc) is 2.37. The van der Waals surface area contributed by atoms with Gasteiger partial charge in [0.05, 0.1) is 0 Å². The van der Waals surface area contributed by atoms with Crippen molar-refractivity contribution in [2.24, 2.45) is 5.73 Å². The van der Waals surface area contributed by atoms with E-state index >= 15 is 0 Å². The molecule has 1 aromatic heterocycles. The molecule has 2 rings (SSSR count). The van der Waals surface area contributed by atoms with Gasteiger partial charge in [-0.05, 0) is 32.9 Å². The van der Waals surface area contributed by atoms with Crippen LogP contribution in [0.25, 0.3) is 0 Å². The molecule has 3 N–H and O–H groups in total. The van der Waals surface area contributed by atoms with Gasteiger partial charge in [-0.1, -0.05) is 6.07 Å². The average molecular weight is 290 g/mol. The van der Waals surface area contributed by atoms with E-state index < -0.39 is 23.4 Å². The number of urea groups is 1. The third-order valence-electron chi connectivity index (χ3n) is 2.75. The Hall–Kier alpha value is -2.41. The van der Waals surface area contributed by atoms with Crippen LogP contribution in [0, 0.1) is 0 Å². The lowest BCUT2D eigenvalue weighted by Crippen LogP contribution is -2.59. The van der Waals surface area contributed by atoms with Crippen molar-refractivity contribution in [1.82, 2.24) is 15.2 Å². The fourth-order valence-corrected chi connectivity index (χ4v) is 1.77. The summed E-state index contributed by atoms with van der Waals surface area (Å²) in [5.74, 6) is 0. The highest BCUT2D eigenvalue weighted by molar-refractivity contribution is 5.93. The Kier molecular flexibility index (Phi) is 3.69. The van der Waals surface area contributed by atoms with Crippen LogP contribution >= 0.6 is 0 Å². The zero-order chi connectivity index (χ0) is 15.7. The van der Waals surface area contributed by atoms with Crippen LogP contribution in [0.15, 0.2) is 36.8 Å². The first-order chi connectivity index (χ1) is 9.71. The van der Waals surface area contributed by atoms with Crippen LogP contribution in [-0.2, 0) is 10.4 Å². The van der Waals surface area contributed by atoms with Crippen molar-refractivity contribution >= 4 is 12.1 Å². The van der Waals surface area contributed by atoms with Gasteiger partial charge in [0, 0.05) is 24.2 Å². The molecule has 1 aromatic rings. The van der Waals surface area contributed by atoms with E-state index in [1.165, 1.54) is 12.3 Å². The van der Waals surface area contributed by atoms with Crippen LogP contribution in [0.4, 0.5) is 9.59 Å². The van der Waals surface area contributed by atoms with Crippen LogP contribution in [0.2, 0.25) is 0 Å². The summed E-state index contributed by atoms with van der Waals surface area (Å²) in [6.07, 6.45) is 5.21. The molecule has 3 amide bonds.